The van der Waals surface area contributed by atoms with E-state index < -0.39 is 0 Å². The number of hydrogen-bond donors (Lipinski definition) is 1. The van der Waals surface area contributed by atoms with Crippen LogP contribution in [0.3, 0.4) is 0 Å². The number of rotatable bonds is 8. The van der Waals surface area contributed by atoms with Crippen molar-refractivity contribution in [3.63, 3.8) is 0 Å². The van der Waals surface area contributed by atoms with E-state index in [4.69, 9.17) is 0 Å². The first kappa shape index (κ1) is 18.2. The molecule has 1 heterocycles. The van der Waals surface area contributed by atoms with Crippen LogP contribution < -0.4 is 5.32 Å². The van der Waals surface area contributed by atoms with Crippen LogP contribution in [0, 0.1) is 0 Å². The van der Waals surface area contributed by atoms with E-state index >= 15 is 0 Å². The average molecular weight is 344 g/mol. The average Bonchev–Trinajstić information content (AvgIpc) is 3.11. The van der Waals surface area contributed by atoms with Gasteiger partial charge in [-0.15, -0.1) is 0 Å². The highest BCUT2D eigenvalue weighted by molar-refractivity contribution is 7.08. The van der Waals surface area contributed by atoms with Crippen LogP contribution in [0.1, 0.15) is 42.6 Å². The molecule has 4 nitrogen and oxygen atoms in total. The Kier molecular flexibility index (Phi) is 7.00. The van der Waals surface area contributed by atoms with Crippen LogP contribution >= 0.6 is 11.3 Å². The van der Waals surface area contributed by atoms with Gasteiger partial charge in [-0.1, -0.05) is 30.3 Å². The first-order valence-electron chi connectivity index (χ1n) is 8.21. The standard InChI is InChI=1S/C19H24N2O2S/c1-15(2)21(13-16-7-4-3-5-8-16)18(22)9-6-11-20-19(23)17-10-12-24-14-17/h3-5,7-8,10,12,14-15H,6,9,11,13H2,1-2H3,(H,20,23). The van der Waals surface area contributed by atoms with E-state index in [1.807, 2.05) is 59.8 Å². The van der Waals surface area contributed by atoms with E-state index in [0.29, 0.717) is 31.5 Å². The van der Waals surface area contributed by atoms with Crippen LogP contribution in [-0.4, -0.2) is 29.3 Å². The highest BCUT2D eigenvalue weighted by atomic mass is 32.1. The summed E-state index contributed by atoms with van der Waals surface area (Å²) in [5.74, 6) is 0.0485. The Morgan fingerprint density at radius 2 is 1.92 bits per heavy atom. The second-order valence-corrected chi connectivity index (χ2v) is 6.75. The maximum absolute atomic E-state index is 12.5. The van der Waals surface area contributed by atoms with E-state index in [0.717, 1.165) is 5.56 Å². The van der Waals surface area contributed by atoms with Crippen LogP contribution in [0.2, 0.25) is 0 Å². The molecule has 1 aromatic carbocycles. The number of nitrogens with zero attached hydrogens (tertiary/aromatic N) is 1. The number of carbonyl (C=O) groups excluding carboxylic acids is 2. The van der Waals surface area contributed by atoms with Crippen molar-refractivity contribution in [3.05, 3.63) is 58.3 Å². The van der Waals surface area contributed by atoms with Crippen LogP contribution in [0.4, 0.5) is 0 Å². The molecule has 128 valence electrons. The maximum Gasteiger partial charge on any atom is 0.252 e. The highest BCUT2D eigenvalue weighted by Crippen LogP contribution is 2.11. The summed E-state index contributed by atoms with van der Waals surface area (Å²) < 4.78 is 0. The van der Waals surface area contributed by atoms with Gasteiger partial charge in [0.15, 0.2) is 0 Å². The molecule has 0 fully saturated rings. The van der Waals surface area contributed by atoms with Gasteiger partial charge in [-0.3, -0.25) is 9.59 Å². The molecule has 0 aliphatic rings. The molecule has 1 N–H and O–H groups in total. The first-order chi connectivity index (χ1) is 11.6. The van der Waals surface area contributed by atoms with E-state index in [-0.39, 0.29) is 17.9 Å². The topological polar surface area (TPSA) is 49.4 Å². The monoisotopic (exact) mass is 344 g/mol. The molecule has 0 unspecified atom stereocenters. The molecule has 0 radical (unpaired) electrons. The molecular formula is C19H24N2O2S. The molecule has 0 spiro atoms. The Bertz CT molecular complexity index is 639. The van der Waals surface area contributed by atoms with Gasteiger partial charge in [-0.05, 0) is 37.3 Å². The van der Waals surface area contributed by atoms with Crippen LogP contribution in [0.25, 0.3) is 0 Å². The van der Waals surface area contributed by atoms with Crippen molar-refractivity contribution in [1.29, 1.82) is 0 Å². The summed E-state index contributed by atoms with van der Waals surface area (Å²) in [5.41, 5.74) is 1.81. The minimum absolute atomic E-state index is 0.0753. The van der Waals surface area contributed by atoms with E-state index in [2.05, 4.69) is 5.32 Å². The molecule has 5 heteroatoms. The molecule has 1 aromatic heterocycles. The summed E-state index contributed by atoms with van der Waals surface area (Å²) >= 11 is 1.50. The predicted octanol–water partition coefficient (Wildman–Crippen LogP) is 3.70. The lowest BCUT2D eigenvalue weighted by Gasteiger charge is -2.27. The van der Waals surface area contributed by atoms with Crippen molar-refractivity contribution in [1.82, 2.24) is 10.2 Å². The molecule has 0 aliphatic heterocycles. The normalized spacial score (nSPS) is 10.6. The van der Waals surface area contributed by atoms with Crippen molar-refractivity contribution in [2.45, 2.75) is 39.3 Å². The summed E-state index contributed by atoms with van der Waals surface area (Å²) in [5, 5.41) is 6.55. The molecule has 0 bridgehead atoms. The molecule has 0 aliphatic carbocycles. The molecule has 2 aromatic rings. The number of benzene rings is 1. The fourth-order valence-electron chi connectivity index (χ4n) is 2.42. The molecule has 2 amide bonds. The Morgan fingerprint density at radius 3 is 2.54 bits per heavy atom. The van der Waals surface area contributed by atoms with Gasteiger partial charge in [0.2, 0.25) is 5.91 Å². The second kappa shape index (κ2) is 9.23. The fourth-order valence-corrected chi connectivity index (χ4v) is 3.06. The largest absolute Gasteiger partial charge is 0.352 e. The third-order valence-corrected chi connectivity index (χ3v) is 4.46. The van der Waals surface area contributed by atoms with E-state index in [1.54, 1.807) is 6.07 Å². The van der Waals surface area contributed by atoms with Crippen LogP contribution in [-0.2, 0) is 11.3 Å². The van der Waals surface area contributed by atoms with Gasteiger partial charge in [0.25, 0.3) is 5.91 Å². The van der Waals surface area contributed by atoms with Gasteiger partial charge in [0.1, 0.15) is 0 Å². The van der Waals surface area contributed by atoms with Crippen LogP contribution in [0.15, 0.2) is 47.2 Å². The van der Waals surface area contributed by atoms with E-state index in [9.17, 15) is 9.59 Å². The number of hydrogen-bond acceptors (Lipinski definition) is 3. The lowest BCUT2D eigenvalue weighted by atomic mass is 10.1. The van der Waals surface area contributed by atoms with Gasteiger partial charge in [0.05, 0.1) is 0 Å². The predicted molar refractivity (Wildman–Crippen MR) is 98.0 cm³/mol. The smallest absolute Gasteiger partial charge is 0.252 e. The molecule has 0 saturated heterocycles. The Labute approximate surface area is 147 Å². The van der Waals surface area contributed by atoms with Gasteiger partial charge in [-0.25, -0.2) is 0 Å². The zero-order valence-corrected chi connectivity index (χ0v) is 15.0. The minimum Gasteiger partial charge on any atom is -0.352 e. The summed E-state index contributed by atoms with van der Waals surface area (Å²) in [7, 11) is 0. The highest BCUT2D eigenvalue weighted by Gasteiger charge is 2.17. The zero-order chi connectivity index (χ0) is 17.4. The van der Waals surface area contributed by atoms with Crippen LogP contribution in [0.5, 0.6) is 0 Å². The molecular weight excluding hydrogens is 320 g/mol. The molecule has 0 atom stereocenters. The van der Waals surface area contributed by atoms with Gasteiger partial charge < -0.3 is 10.2 Å². The number of thiophene rings is 1. The lowest BCUT2D eigenvalue weighted by molar-refractivity contribution is -0.133. The molecule has 24 heavy (non-hydrogen) atoms. The van der Waals surface area contributed by atoms with Crippen molar-refractivity contribution in [2.75, 3.05) is 6.54 Å². The number of nitrogens with one attached hydrogen (secondary N) is 1. The summed E-state index contributed by atoms with van der Waals surface area (Å²) in [6, 6.07) is 12.0. The Balaban J connectivity index is 1.77. The van der Waals surface area contributed by atoms with Crippen molar-refractivity contribution in [2.24, 2.45) is 0 Å². The van der Waals surface area contributed by atoms with Crippen molar-refractivity contribution < 1.29 is 9.59 Å². The Hall–Kier alpha value is -2.14. The van der Waals surface area contributed by atoms with Gasteiger partial charge >= 0.3 is 0 Å². The quantitative estimate of drug-likeness (QED) is 0.743. The number of amides is 2. The molecule has 0 saturated carbocycles. The fraction of sp³-hybridized carbons (Fsp3) is 0.368. The first-order valence-corrected chi connectivity index (χ1v) is 9.16. The summed E-state index contributed by atoms with van der Waals surface area (Å²) in [4.78, 5) is 26.2. The second-order valence-electron chi connectivity index (χ2n) is 5.97. The maximum atomic E-state index is 12.5. The number of carbonyl (C=O) groups is 2. The SMILES string of the molecule is CC(C)N(Cc1ccccc1)C(=O)CCCNC(=O)c1ccsc1. The lowest BCUT2D eigenvalue weighted by Crippen LogP contribution is -2.36. The summed E-state index contributed by atoms with van der Waals surface area (Å²) in [6.45, 7) is 5.19. The van der Waals surface area contributed by atoms with Crippen molar-refractivity contribution in [3.8, 4) is 0 Å². The molecule has 2 rings (SSSR count). The van der Waals surface area contributed by atoms with Gasteiger partial charge in [0, 0.05) is 36.5 Å². The summed E-state index contributed by atoms with van der Waals surface area (Å²) in [6.07, 6.45) is 1.08. The third kappa shape index (κ3) is 5.49. The van der Waals surface area contributed by atoms with E-state index in [1.165, 1.54) is 11.3 Å². The minimum atomic E-state index is -0.0753. The van der Waals surface area contributed by atoms with Crippen molar-refractivity contribution >= 4 is 23.2 Å². The zero-order valence-electron chi connectivity index (χ0n) is 14.2. The third-order valence-electron chi connectivity index (χ3n) is 3.78. The Morgan fingerprint density at radius 1 is 1.17 bits per heavy atom. The van der Waals surface area contributed by atoms with Gasteiger partial charge in [-0.2, -0.15) is 11.3 Å².